The van der Waals surface area contributed by atoms with Gasteiger partial charge in [0.2, 0.25) is 5.91 Å². The van der Waals surface area contributed by atoms with Crippen LogP contribution in [0.5, 0.6) is 0 Å². The Morgan fingerprint density at radius 2 is 1.89 bits per heavy atom. The Morgan fingerprint density at radius 3 is 2.44 bits per heavy atom. The summed E-state index contributed by atoms with van der Waals surface area (Å²) in [7, 11) is 0. The Kier molecular flexibility index (Phi) is 6.36. The number of amides is 1. The van der Waals surface area contributed by atoms with Crippen LogP contribution in [0.4, 0.5) is 0 Å². The highest BCUT2D eigenvalue weighted by molar-refractivity contribution is 9.10. The normalized spacial score (nSPS) is 12.5. The molecule has 1 rings (SSSR count). The molecule has 0 saturated carbocycles. The summed E-state index contributed by atoms with van der Waals surface area (Å²) in [4.78, 5) is 11.6. The molecule has 1 aromatic rings. The number of halogens is 1. The van der Waals surface area contributed by atoms with Crippen molar-refractivity contribution in [2.45, 2.75) is 39.3 Å². The van der Waals surface area contributed by atoms with Crippen LogP contribution in [-0.4, -0.2) is 24.7 Å². The van der Waals surface area contributed by atoms with Crippen LogP contribution in [-0.2, 0) is 16.0 Å². The van der Waals surface area contributed by atoms with Gasteiger partial charge < -0.3 is 10.1 Å². The fourth-order valence-corrected chi connectivity index (χ4v) is 1.85. The van der Waals surface area contributed by atoms with Crippen LogP contribution in [0.2, 0.25) is 0 Å². The van der Waals surface area contributed by atoms with Gasteiger partial charge in [0, 0.05) is 10.5 Å². The Labute approximate surface area is 117 Å². The number of carbonyl (C=O) groups is 1. The van der Waals surface area contributed by atoms with E-state index in [1.165, 1.54) is 5.56 Å². The third kappa shape index (κ3) is 6.17. The molecular weight excluding hydrogens is 294 g/mol. The molecule has 0 heterocycles. The van der Waals surface area contributed by atoms with Crippen molar-refractivity contribution in [3.63, 3.8) is 0 Å². The van der Waals surface area contributed by atoms with E-state index in [0.717, 1.165) is 10.9 Å². The molecule has 0 bridgehead atoms. The standard InChI is InChI=1S/C14H20BrNO2/c1-10(2)18-9-14(17)16-11(3)8-12-4-6-13(15)7-5-12/h4-7,10-11H,8-9H2,1-3H3,(H,16,17). The van der Waals surface area contributed by atoms with E-state index in [1.807, 2.05) is 32.9 Å². The second-order valence-corrected chi connectivity index (χ2v) is 5.57. The predicted octanol–water partition coefficient (Wildman–Crippen LogP) is 2.92. The number of benzene rings is 1. The summed E-state index contributed by atoms with van der Waals surface area (Å²) >= 11 is 3.40. The highest BCUT2D eigenvalue weighted by Crippen LogP contribution is 2.11. The van der Waals surface area contributed by atoms with E-state index in [-0.39, 0.29) is 24.7 Å². The fraction of sp³-hybridized carbons (Fsp3) is 0.500. The monoisotopic (exact) mass is 313 g/mol. The lowest BCUT2D eigenvalue weighted by molar-refractivity contribution is -0.127. The van der Waals surface area contributed by atoms with Gasteiger partial charge in [-0.3, -0.25) is 4.79 Å². The molecule has 0 fully saturated rings. The lowest BCUT2D eigenvalue weighted by Crippen LogP contribution is -2.37. The van der Waals surface area contributed by atoms with E-state index in [4.69, 9.17) is 4.74 Å². The zero-order chi connectivity index (χ0) is 13.5. The van der Waals surface area contributed by atoms with Crippen molar-refractivity contribution in [2.75, 3.05) is 6.61 Å². The molecule has 0 radical (unpaired) electrons. The van der Waals surface area contributed by atoms with Gasteiger partial charge in [-0.05, 0) is 44.9 Å². The summed E-state index contributed by atoms with van der Waals surface area (Å²) < 4.78 is 6.32. The molecule has 1 aromatic carbocycles. The molecule has 0 aromatic heterocycles. The molecule has 1 amide bonds. The van der Waals surface area contributed by atoms with Crippen LogP contribution in [0.25, 0.3) is 0 Å². The fourth-order valence-electron chi connectivity index (χ4n) is 1.58. The molecule has 1 N–H and O–H groups in total. The van der Waals surface area contributed by atoms with Crippen molar-refractivity contribution in [1.29, 1.82) is 0 Å². The van der Waals surface area contributed by atoms with Gasteiger partial charge in [0.05, 0.1) is 6.10 Å². The maximum absolute atomic E-state index is 11.6. The van der Waals surface area contributed by atoms with E-state index in [1.54, 1.807) is 0 Å². The lowest BCUT2D eigenvalue weighted by atomic mass is 10.1. The van der Waals surface area contributed by atoms with Crippen molar-refractivity contribution in [3.8, 4) is 0 Å². The van der Waals surface area contributed by atoms with Gasteiger partial charge in [-0.15, -0.1) is 0 Å². The smallest absolute Gasteiger partial charge is 0.246 e. The Bertz CT molecular complexity index is 376. The molecule has 0 saturated heterocycles. The molecule has 100 valence electrons. The first-order chi connectivity index (χ1) is 8.47. The van der Waals surface area contributed by atoms with E-state index >= 15 is 0 Å². The van der Waals surface area contributed by atoms with Crippen LogP contribution in [0, 0.1) is 0 Å². The van der Waals surface area contributed by atoms with Gasteiger partial charge in [-0.1, -0.05) is 28.1 Å². The van der Waals surface area contributed by atoms with Gasteiger partial charge in [-0.2, -0.15) is 0 Å². The first-order valence-corrected chi connectivity index (χ1v) is 6.92. The van der Waals surface area contributed by atoms with Crippen molar-refractivity contribution < 1.29 is 9.53 Å². The van der Waals surface area contributed by atoms with Crippen molar-refractivity contribution in [2.24, 2.45) is 0 Å². The quantitative estimate of drug-likeness (QED) is 0.877. The summed E-state index contributed by atoms with van der Waals surface area (Å²) in [6.07, 6.45) is 0.901. The van der Waals surface area contributed by atoms with E-state index in [9.17, 15) is 4.79 Å². The zero-order valence-corrected chi connectivity index (χ0v) is 12.7. The molecule has 0 aliphatic carbocycles. The van der Waals surface area contributed by atoms with Gasteiger partial charge in [0.1, 0.15) is 6.61 Å². The third-order valence-corrected chi connectivity index (χ3v) is 2.94. The number of hydrogen-bond donors (Lipinski definition) is 1. The van der Waals surface area contributed by atoms with Crippen LogP contribution < -0.4 is 5.32 Å². The van der Waals surface area contributed by atoms with E-state index in [2.05, 4.69) is 33.4 Å². The SMILES string of the molecule is CC(Cc1ccc(Br)cc1)NC(=O)COC(C)C. The molecule has 0 spiro atoms. The van der Waals surface area contributed by atoms with Crippen LogP contribution >= 0.6 is 15.9 Å². The molecule has 4 heteroatoms. The van der Waals surface area contributed by atoms with Crippen molar-refractivity contribution >= 4 is 21.8 Å². The second kappa shape index (κ2) is 7.54. The number of hydrogen-bond acceptors (Lipinski definition) is 2. The number of rotatable bonds is 6. The zero-order valence-electron chi connectivity index (χ0n) is 11.1. The van der Waals surface area contributed by atoms with E-state index in [0.29, 0.717) is 0 Å². The van der Waals surface area contributed by atoms with Gasteiger partial charge in [0.25, 0.3) is 0 Å². The van der Waals surface area contributed by atoms with E-state index < -0.39 is 0 Å². The molecular formula is C14H20BrNO2. The van der Waals surface area contributed by atoms with Gasteiger partial charge >= 0.3 is 0 Å². The number of carbonyl (C=O) groups excluding carboxylic acids is 1. The molecule has 3 nitrogen and oxygen atoms in total. The van der Waals surface area contributed by atoms with Crippen molar-refractivity contribution in [1.82, 2.24) is 5.32 Å². The topological polar surface area (TPSA) is 38.3 Å². The van der Waals surface area contributed by atoms with Crippen LogP contribution in [0.15, 0.2) is 28.7 Å². The minimum atomic E-state index is -0.0617. The summed E-state index contributed by atoms with van der Waals surface area (Å²) in [5.41, 5.74) is 1.20. The summed E-state index contributed by atoms with van der Waals surface area (Å²) in [5, 5.41) is 2.92. The number of ether oxygens (including phenoxy) is 1. The third-order valence-electron chi connectivity index (χ3n) is 2.41. The second-order valence-electron chi connectivity index (χ2n) is 4.66. The lowest BCUT2D eigenvalue weighted by Gasteiger charge is -2.15. The van der Waals surface area contributed by atoms with Crippen LogP contribution in [0.1, 0.15) is 26.3 Å². The molecule has 1 atom stereocenters. The Hall–Kier alpha value is -0.870. The average molecular weight is 314 g/mol. The molecule has 18 heavy (non-hydrogen) atoms. The maximum atomic E-state index is 11.6. The first kappa shape index (κ1) is 15.2. The van der Waals surface area contributed by atoms with Gasteiger partial charge in [-0.25, -0.2) is 0 Å². The largest absolute Gasteiger partial charge is 0.369 e. The molecule has 0 aliphatic heterocycles. The number of nitrogens with one attached hydrogen (secondary N) is 1. The van der Waals surface area contributed by atoms with Gasteiger partial charge in [0.15, 0.2) is 0 Å². The minimum Gasteiger partial charge on any atom is -0.369 e. The molecule has 0 aliphatic rings. The highest BCUT2D eigenvalue weighted by Gasteiger charge is 2.08. The molecule has 1 unspecified atom stereocenters. The summed E-state index contributed by atoms with van der Waals surface area (Å²) in [6.45, 7) is 5.95. The minimum absolute atomic E-state index is 0.0617. The highest BCUT2D eigenvalue weighted by atomic mass is 79.9. The Morgan fingerprint density at radius 1 is 1.28 bits per heavy atom. The first-order valence-electron chi connectivity index (χ1n) is 6.12. The Balaban J connectivity index is 2.34. The average Bonchev–Trinajstić information content (AvgIpc) is 2.29. The van der Waals surface area contributed by atoms with Crippen LogP contribution in [0.3, 0.4) is 0 Å². The van der Waals surface area contributed by atoms with Crippen molar-refractivity contribution in [3.05, 3.63) is 34.3 Å². The summed E-state index contributed by atoms with van der Waals surface area (Å²) in [6, 6.07) is 8.22. The summed E-state index contributed by atoms with van der Waals surface area (Å²) in [5.74, 6) is -0.0617. The predicted molar refractivity (Wildman–Crippen MR) is 76.5 cm³/mol. The maximum Gasteiger partial charge on any atom is 0.246 e.